The van der Waals surface area contributed by atoms with Crippen molar-refractivity contribution in [1.82, 2.24) is 4.90 Å². The highest BCUT2D eigenvalue weighted by atomic mass is 16.6. The molecule has 0 amide bonds. The lowest BCUT2D eigenvalue weighted by molar-refractivity contribution is -0.177. The number of aliphatic hydroxyl groups excluding tert-OH is 1. The predicted octanol–water partition coefficient (Wildman–Crippen LogP) is 0.434. The van der Waals surface area contributed by atoms with Crippen molar-refractivity contribution in [3.8, 4) is 0 Å². The first-order chi connectivity index (χ1) is 5.11. The van der Waals surface area contributed by atoms with Crippen molar-refractivity contribution in [1.29, 1.82) is 0 Å². The number of rotatable bonds is 1. The molecule has 1 fully saturated rings. The van der Waals surface area contributed by atoms with Crippen LogP contribution in [0.2, 0.25) is 0 Å². The van der Waals surface area contributed by atoms with Crippen LogP contribution in [0.3, 0.4) is 0 Å². The lowest BCUT2D eigenvalue weighted by Crippen LogP contribution is -2.44. The van der Waals surface area contributed by atoms with Gasteiger partial charge in [0.1, 0.15) is 0 Å². The molecule has 3 heteroatoms. The van der Waals surface area contributed by atoms with Crippen molar-refractivity contribution >= 4 is 0 Å². The molecule has 0 spiro atoms. The van der Waals surface area contributed by atoms with Gasteiger partial charge in [0.05, 0.1) is 6.10 Å². The van der Waals surface area contributed by atoms with Gasteiger partial charge in [0.2, 0.25) is 0 Å². The lowest BCUT2D eigenvalue weighted by Gasteiger charge is -2.36. The summed E-state index contributed by atoms with van der Waals surface area (Å²) in [6, 6.07) is 0.457. The Labute approximate surface area is 68.0 Å². The molecule has 0 unspecified atom stereocenters. The predicted molar refractivity (Wildman–Crippen MR) is 43.3 cm³/mol. The zero-order valence-electron chi connectivity index (χ0n) is 7.45. The van der Waals surface area contributed by atoms with Gasteiger partial charge in [-0.15, -0.1) is 0 Å². The van der Waals surface area contributed by atoms with E-state index in [1.807, 2.05) is 21.0 Å². The van der Waals surface area contributed by atoms with Crippen LogP contribution in [0.15, 0.2) is 0 Å². The van der Waals surface area contributed by atoms with Crippen LogP contribution >= 0.6 is 0 Å². The van der Waals surface area contributed by atoms with E-state index in [9.17, 15) is 0 Å². The quantitative estimate of drug-likeness (QED) is 0.602. The number of likely N-dealkylation sites (N-methyl/N-ethyl adjacent to an activating group) is 1. The van der Waals surface area contributed by atoms with E-state index < -0.39 is 6.29 Å². The molecule has 3 atom stereocenters. The van der Waals surface area contributed by atoms with Gasteiger partial charge >= 0.3 is 0 Å². The minimum atomic E-state index is -0.541. The third kappa shape index (κ3) is 2.15. The van der Waals surface area contributed by atoms with Crippen molar-refractivity contribution in [3.63, 3.8) is 0 Å². The lowest BCUT2D eigenvalue weighted by atomic mass is 10.0. The molecule has 0 aliphatic carbocycles. The summed E-state index contributed by atoms with van der Waals surface area (Å²) in [6.45, 7) is 2.01. The molecule has 1 rings (SSSR count). The van der Waals surface area contributed by atoms with E-state index in [1.54, 1.807) is 0 Å². The van der Waals surface area contributed by atoms with E-state index >= 15 is 0 Å². The van der Waals surface area contributed by atoms with Crippen LogP contribution in [-0.2, 0) is 4.74 Å². The van der Waals surface area contributed by atoms with Crippen LogP contribution in [-0.4, -0.2) is 42.5 Å². The molecule has 0 aromatic heterocycles. The van der Waals surface area contributed by atoms with Gasteiger partial charge in [-0.1, -0.05) is 0 Å². The topological polar surface area (TPSA) is 32.7 Å². The van der Waals surface area contributed by atoms with Gasteiger partial charge in [-0.25, -0.2) is 0 Å². The molecule has 11 heavy (non-hydrogen) atoms. The maximum Gasteiger partial charge on any atom is 0.155 e. The van der Waals surface area contributed by atoms with Gasteiger partial charge in [0.15, 0.2) is 6.29 Å². The summed E-state index contributed by atoms with van der Waals surface area (Å²) in [4.78, 5) is 2.15. The molecular formula is C8H17NO2. The largest absolute Gasteiger partial charge is 0.368 e. The summed E-state index contributed by atoms with van der Waals surface area (Å²) in [5.41, 5.74) is 0. The van der Waals surface area contributed by atoms with Crippen LogP contribution in [0.4, 0.5) is 0 Å². The van der Waals surface area contributed by atoms with Gasteiger partial charge in [-0.2, -0.15) is 0 Å². The molecule has 0 aromatic rings. The average Bonchev–Trinajstić information content (AvgIpc) is 1.85. The first kappa shape index (κ1) is 8.97. The maximum atomic E-state index is 9.14. The average molecular weight is 159 g/mol. The minimum absolute atomic E-state index is 0.147. The summed E-state index contributed by atoms with van der Waals surface area (Å²) < 4.78 is 5.27. The van der Waals surface area contributed by atoms with E-state index in [0.29, 0.717) is 6.04 Å². The number of ether oxygens (including phenoxy) is 1. The summed E-state index contributed by atoms with van der Waals surface area (Å²) in [5.74, 6) is 0. The number of aliphatic hydroxyl groups is 1. The van der Waals surface area contributed by atoms with E-state index in [0.717, 1.165) is 12.8 Å². The van der Waals surface area contributed by atoms with Crippen LogP contribution in [0.5, 0.6) is 0 Å². The highest BCUT2D eigenvalue weighted by Gasteiger charge is 2.27. The molecule has 1 heterocycles. The van der Waals surface area contributed by atoms with Crippen molar-refractivity contribution in [3.05, 3.63) is 0 Å². The molecular weight excluding hydrogens is 142 g/mol. The molecule has 1 N–H and O–H groups in total. The first-order valence-electron chi connectivity index (χ1n) is 4.11. The SMILES string of the molecule is C[C@H]1O[C@@H](O)CC[C@@H]1N(C)C. The number of hydrogen-bond acceptors (Lipinski definition) is 3. The fourth-order valence-electron chi connectivity index (χ4n) is 1.63. The van der Waals surface area contributed by atoms with Gasteiger partial charge in [-0.05, 0) is 33.9 Å². The maximum absolute atomic E-state index is 9.14. The Balaban J connectivity index is 2.44. The smallest absolute Gasteiger partial charge is 0.155 e. The van der Waals surface area contributed by atoms with E-state index in [4.69, 9.17) is 9.84 Å². The van der Waals surface area contributed by atoms with Crippen molar-refractivity contribution in [2.75, 3.05) is 14.1 Å². The van der Waals surface area contributed by atoms with E-state index in [1.165, 1.54) is 0 Å². The fourth-order valence-corrected chi connectivity index (χ4v) is 1.63. The molecule has 0 saturated carbocycles. The Kier molecular flexibility index (Phi) is 2.87. The van der Waals surface area contributed by atoms with Gasteiger partial charge in [0.25, 0.3) is 0 Å². The van der Waals surface area contributed by atoms with E-state index in [-0.39, 0.29) is 6.10 Å². The second-order valence-corrected chi connectivity index (χ2v) is 3.40. The summed E-state index contributed by atoms with van der Waals surface area (Å²) in [7, 11) is 4.09. The first-order valence-corrected chi connectivity index (χ1v) is 4.11. The second-order valence-electron chi connectivity index (χ2n) is 3.40. The molecule has 66 valence electrons. The summed E-state index contributed by atoms with van der Waals surface area (Å²) in [5, 5.41) is 9.14. The fraction of sp³-hybridized carbons (Fsp3) is 1.00. The Bertz CT molecular complexity index is 127. The van der Waals surface area contributed by atoms with Crippen LogP contribution < -0.4 is 0 Å². The third-order valence-corrected chi connectivity index (χ3v) is 2.29. The van der Waals surface area contributed by atoms with Gasteiger partial charge in [-0.3, -0.25) is 0 Å². The minimum Gasteiger partial charge on any atom is -0.368 e. The molecule has 1 saturated heterocycles. The highest BCUT2D eigenvalue weighted by molar-refractivity contribution is 4.77. The van der Waals surface area contributed by atoms with Crippen molar-refractivity contribution in [2.45, 2.75) is 38.2 Å². The monoisotopic (exact) mass is 159 g/mol. The van der Waals surface area contributed by atoms with Crippen LogP contribution in [0, 0.1) is 0 Å². The van der Waals surface area contributed by atoms with Crippen LogP contribution in [0.1, 0.15) is 19.8 Å². The Morgan fingerprint density at radius 2 is 2.00 bits per heavy atom. The zero-order valence-corrected chi connectivity index (χ0v) is 7.45. The molecule has 1 aliphatic heterocycles. The third-order valence-electron chi connectivity index (χ3n) is 2.29. The number of nitrogens with zero attached hydrogens (tertiary/aromatic N) is 1. The molecule has 0 radical (unpaired) electrons. The molecule has 1 aliphatic rings. The Hall–Kier alpha value is -0.120. The van der Waals surface area contributed by atoms with Gasteiger partial charge < -0.3 is 14.7 Å². The standard InChI is InChI=1S/C8H17NO2/c1-6-7(9(2)3)4-5-8(10)11-6/h6-8,10H,4-5H2,1-3H3/t6-,7+,8-/m1/s1. The number of hydrogen-bond donors (Lipinski definition) is 1. The van der Waals surface area contributed by atoms with Crippen molar-refractivity contribution < 1.29 is 9.84 Å². The normalized spacial score (nSPS) is 39.5. The highest BCUT2D eigenvalue weighted by Crippen LogP contribution is 2.20. The molecule has 3 nitrogen and oxygen atoms in total. The van der Waals surface area contributed by atoms with Gasteiger partial charge in [0, 0.05) is 6.04 Å². The van der Waals surface area contributed by atoms with E-state index in [2.05, 4.69) is 4.90 Å². The summed E-state index contributed by atoms with van der Waals surface area (Å²) in [6.07, 6.45) is 1.39. The Morgan fingerprint density at radius 3 is 2.45 bits per heavy atom. The summed E-state index contributed by atoms with van der Waals surface area (Å²) >= 11 is 0. The molecule has 0 bridgehead atoms. The Morgan fingerprint density at radius 1 is 1.36 bits per heavy atom. The zero-order chi connectivity index (χ0) is 8.43. The van der Waals surface area contributed by atoms with Crippen LogP contribution in [0.25, 0.3) is 0 Å². The second kappa shape index (κ2) is 3.52. The molecule has 0 aromatic carbocycles. The van der Waals surface area contributed by atoms with Crippen molar-refractivity contribution in [2.24, 2.45) is 0 Å².